The van der Waals surface area contributed by atoms with Crippen LogP contribution in [0.4, 0.5) is 5.69 Å². The number of amides is 1. The van der Waals surface area contributed by atoms with Crippen LogP contribution < -0.4 is 4.90 Å². The first-order chi connectivity index (χ1) is 13.5. The lowest BCUT2D eigenvalue weighted by Crippen LogP contribution is -2.42. The predicted molar refractivity (Wildman–Crippen MR) is 108 cm³/mol. The summed E-state index contributed by atoms with van der Waals surface area (Å²) < 4.78 is 1.91. The molecular weight excluding hydrogens is 352 g/mol. The minimum atomic E-state index is -1.83. The number of carbonyl (C=O) groups is 2. The number of fused-ring (bicyclic) bond motifs is 1. The second-order valence-corrected chi connectivity index (χ2v) is 7.07. The number of aromatic nitrogens is 1. The maximum absolute atomic E-state index is 13.0. The molecule has 0 saturated heterocycles. The number of hydrogen-bond donors (Lipinski definition) is 1. The van der Waals surface area contributed by atoms with Crippen molar-refractivity contribution in [2.24, 2.45) is 0 Å². The Morgan fingerprint density at radius 1 is 1.04 bits per heavy atom. The molecule has 28 heavy (non-hydrogen) atoms. The molecular formula is C23H22N2O3. The summed E-state index contributed by atoms with van der Waals surface area (Å²) in [6, 6.07) is 18.2. The molecule has 1 aliphatic rings. The van der Waals surface area contributed by atoms with E-state index < -0.39 is 11.5 Å². The van der Waals surface area contributed by atoms with Gasteiger partial charge in [0.1, 0.15) is 0 Å². The topological polar surface area (TPSA) is 62.5 Å². The van der Waals surface area contributed by atoms with Crippen molar-refractivity contribution in [1.82, 2.24) is 4.57 Å². The van der Waals surface area contributed by atoms with Crippen molar-refractivity contribution in [1.29, 1.82) is 0 Å². The quantitative estimate of drug-likeness (QED) is 0.669. The molecule has 1 aliphatic heterocycles. The SMILES string of the molecule is CCCN1C(=O)C(O)(CC(=O)c2cccc(-n3cccc3)c2)c2ccccc21. The van der Waals surface area contributed by atoms with Gasteiger partial charge in [0.15, 0.2) is 11.4 Å². The molecule has 3 aromatic rings. The van der Waals surface area contributed by atoms with E-state index in [1.165, 1.54) is 0 Å². The summed E-state index contributed by atoms with van der Waals surface area (Å²) in [6.45, 7) is 2.49. The highest BCUT2D eigenvalue weighted by Gasteiger charge is 2.50. The maximum Gasteiger partial charge on any atom is 0.264 e. The summed E-state index contributed by atoms with van der Waals surface area (Å²) in [5, 5.41) is 11.3. The van der Waals surface area contributed by atoms with Gasteiger partial charge in [-0.25, -0.2) is 0 Å². The van der Waals surface area contributed by atoms with Crippen LogP contribution >= 0.6 is 0 Å². The van der Waals surface area contributed by atoms with Crippen LogP contribution in [0.5, 0.6) is 0 Å². The van der Waals surface area contributed by atoms with Crippen LogP contribution in [-0.4, -0.2) is 27.9 Å². The highest BCUT2D eigenvalue weighted by molar-refractivity contribution is 6.10. The Bertz CT molecular complexity index is 1030. The Kier molecular flexibility index (Phi) is 4.61. The van der Waals surface area contributed by atoms with Crippen LogP contribution in [0.3, 0.4) is 0 Å². The van der Waals surface area contributed by atoms with Crippen molar-refractivity contribution in [3.8, 4) is 5.69 Å². The Morgan fingerprint density at radius 2 is 1.79 bits per heavy atom. The zero-order valence-electron chi connectivity index (χ0n) is 15.7. The van der Waals surface area contributed by atoms with Gasteiger partial charge < -0.3 is 14.6 Å². The van der Waals surface area contributed by atoms with E-state index in [2.05, 4.69) is 0 Å². The van der Waals surface area contributed by atoms with E-state index in [4.69, 9.17) is 0 Å². The Hall–Kier alpha value is -3.18. The average Bonchev–Trinajstić information content (AvgIpc) is 3.32. The van der Waals surface area contributed by atoms with Gasteiger partial charge in [-0.05, 0) is 36.8 Å². The molecule has 1 aromatic heterocycles. The number of carbonyl (C=O) groups excluding carboxylic acids is 2. The number of Topliss-reactive ketones (excluding diaryl/α,β-unsaturated/α-hetero) is 1. The monoisotopic (exact) mass is 374 g/mol. The number of hydrogen-bond acceptors (Lipinski definition) is 3. The zero-order valence-corrected chi connectivity index (χ0v) is 15.7. The van der Waals surface area contributed by atoms with E-state index in [1.54, 1.807) is 35.2 Å². The number of anilines is 1. The lowest BCUT2D eigenvalue weighted by atomic mass is 9.88. The standard InChI is InChI=1S/C23H22N2O3/c1-2-12-25-20-11-4-3-10-19(20)23(28,22(25)27)16-21(26)17-8-7-9-18(15-17)24-13-5-6-14-24/h3-11,13-15,28H,2,12,16H2,1H3. The Labute approximate surface area is 163 Å². The van der Waals surface area contributed by atoms with Gasteiger partial charge in [0.25, 0.3) is 5.91 Å². The molecule has 1 N–H and O–H groups in total. The molecule has 2 aromatic carbocycles. The van der Waals surface area contributed by atoms with Crippen LogP contribution in [0.15, 0.2) is 73.1 Å². The van der Waals surface area contributed by atoms with Crippen LogP contribution in [0.2, 0.25) is 0 Å². The van der Waals surface area contributed by atoms with Gasteiger partial charge in [0.05, 0.1) is 12.1 Å². The lowest BCUT2D eigenvalue weighted by Gasteiger charge is -2.22. The molecule has 0 bridgehead atoms. The summed E-state index contributed by atoms with van der Waals surface area (Å²) >= 11 is 0. The van der Waals surface area contributed by atoms with Gasteiger partial charge in [0, 0.05) is 35.8 Å². The third-order valence-corrected chi connectivity index (χ3v) is 5.17. The first-order valence-corrected chi connectivity index (χ1v) is 9.45. The first-order valence-electron chi connectivity index (χ1n) is 9.45. The van der Waals surface area contributed by atoms with Crippen LogP contribution in [0, 0.1) is 0 Å². The molecule has 142 valence electrons. The lowest BCUT2D eigenvalue weighted by molar-refractivity contribution is -0.135. The summed E-state index contributed by atoms with van der Waals surface area (Å²) in [6.07, 6.45) is 4.29. The fourth-order valence-corrected chi connectivity index (χ4v) is 3.80. The normalized spacial score (nSPS) is 18.4. The largest absolute Gasteiger partial charge is 0.375 e. The van der Waals surface area contributed by atoms with Crippen molar-refractivity contribution in [3.05, 3.63) is 84.2 Å². The van der Waals surface area contributed by atoms with Gasteiger partial charge >= 0.3 is 0 Å². The molecule has 2 heterocycles. The summed E-state index contributed by atoms with van der Waals surface area (Å²) in [5.41, 5.74) is 0.688. The smallest absolute Gasteiger partial charge is 0.264 e. The van der Waals surface area contributed by atoms with Crippen LogP contribution in [0.25, 0.3) is 5.69 Å². The maximum atomic E-state index is 13.0. The fraction of sp³-hybridized carbons (Fsp3) is 0.217. The van der Waals surface area contributed by atoms with Crippen molar-refractivity contribution in [2.75, 3.05) is 11.4 Å². The number of benzene rings is 2. The molecule has 4 rings (SSSR count). The average molecular weight is 374 g/mol. The molecule has 5 heteroatoms. The summed E-state index contributed by atoms with van der Waals surface area (Å²) in [5.74, 6) is -0.691. The van der Waals surface area contributed by atoms with Crippen molar-refractivity contribution in [2.45, 2.75) is 25.4 Å². The molecule has 1 amide bonds. The van der Waals surface area contributed by atoms with Crippen LogP contribution in [0.1, 0.15) is 35.7 Å². The molecule has 1 atom stereocenters. The highest BCUT2D eigenvalue weighted by atomic mass is 16.3. The van der Waals surface area contributed by atoms with Gasteiger partial charge in [-0.2, -0.15) is 0 Å². The number of para-hydroxylation sites is 1. The first kappa shape index (κ1) is 18.2. The zero-order chi connectivity index (χ0) is 19.7. The molecule has 0 spiro atoms. The minimum absolute atomic E-state index is 0.266. The minimum Gasteiger partial charge on any atom is -0.375 e. The number of aliphatic hydroxyl groups is 1. The highest BCUT2D eigenvalue weighted by Crippen LogP contribution is 2.42. The predicted octanol–water partition coefficient (Wildman–Crippen LogP) is 3.69. The van der Waals surface area contributed by atoms with Gasteiger partial charge in [-0.1, -0.05) is 37.3 Å². The van der Waals surface area contributed by atoms with Gasteiger partial charge in [-0.3, -0.25) is 9.59 Å². The molecule has 5 nitrogen and oxygen atoms in total. The van der Waals surface area contributed by atoms with E-state index in [1.807, 2.05) is 54.2 Å². The van der Waals surface area contributed by atoms with E-state index in [0.29, 0.717) is 23.4 Å². The molecule has 0 fully saturated rings. The molecule has 0 saturated carbocycles. The number of ketones is 1. The molecule has 0 aliphatic carbocycles. The van der Waals surface area contributed by atoms with E-state index in [0.717, 1.165) is 12.1 Å². The van der Waals surface area contributed by atoms with Gasteiger partial charge in [-0.15, -0.1) is 0 Å². The van der Waals surface area contributed by atoms with Crippen molar-refractivity contribution >= 4 is 17.4 Å². The fourth-order valence-electron chi connectivity index (χ4n) is 3.80. The second kappa shape index (κ2) is 7.09. The summed E-state index contributed by atoms with van der Waals surface area (Å²) in [4.78, 5) is 27.6. The number of rotatable bonds is 6. The second-order valence-electron chi connectivity index (χ2n) is 7.07. The Balaban J connectivity index is 1.66. The van der Waals surface area contributed by atoms with Crippen LogP contribution in [-0.2, 0) is 10.4 Å². The van der Waals surface area contributed by atoms with Crippen molar-refractivity contribution in [3.63, 3.8) is 0 Å². The number of nitrogens with zero attached hydrogens (tertiary/aromatic N) is 2. The van der Waals surface area contributed by atoms with E-state index >= 15 is 0 Å². The molecule has 0 radical (unpaired) electrons. The third-order valence-electron chi connectivity index (χ3n) is 5.17. The van der Waals surface area contributed by atoms with E-state index in [9.17, 15) is 14.7 Å². The van der Waals surface area contributed by atoms with E-state index in [-0.39, 0.29) is 12.2 Å². The van der Waals surface area contributed by atoms with Gasteiger partial charge in [0.2, 0.25) is 0 Å². The summed E-state index contributed by atoms with van der Waals surface area (Å²) in [7, 11) is 0. The Morgan fingerprint density at radius 3 is 2.54 bits per heavy atom. The molecule has 1 unspecified atom stereocenters. The third kappa shape index (κ3) is 2.94. The van der Waals surface area contributed by atoms with Crippen molar-refractivity contribution < 1.29 is 14.7 Å².